The Morgan fingerprint density at radius 2 is 1.68 bits per heavy atom. The maximum atomic E-state index is 11.0. The predicted octanol–water partition coefficient (Wildman–Crippen LogP) is 4.52. The molecule has 0 saturated heterocycles. The lowest BCUT2D eigenvalue weighted by Gasteiger charge is -2.08. The second-order valence-electron chi connectivity index (χ2n) is 6.31. The van der Waals surface area contributed by atoms with Gasteiger partial charge in [0.05, 0.1) is 21.7 Å². The first-order chi connectivity index (χ1) is 13.7. The molecule has 0 radical (unpaired) electrons. The van der Waals surface area contributed by atoms with Crippen molar-refractivity contribution in [1.82, 2.24) is 19.6 Å². The quantitative estimate of drug-likeness (QED) is 0.346. The van der Waals surface area contributed by atoms with Gasteiger partial charge in [0.25, 0.3) is 5.69 Å². The summed E-state index contributed by atoms with van der Waals surface area (Å²) < 4.78 is 1.74. The molecule has 0 aliphatic rings. The molecule has 0 unspecified atom stereocenters. The van der Waals surface area contributed by atoms with E-state index >= 15 is 0 Å². The molecule has 2 aromatic carbocycles. The van der Waals surface area contributed by atoms with Gasteiger partial charge in [-0.05, 0) is 30.3 Å². The van der Waals surface area contributed by atoms with Gasteiger partial charge >= 0.3 is 0 Å². The van der Waals surface area contributed by atoms with Crippen LogP contribution >= 0.6 is 0 Å². The molecule has 5 rings (SSSR count). The van der Waals surface area contributed by atoms with Crippen molar-refractivity contribution in [3.8, 4) is 22.5 Å². The van der Waals surface area contributed by atoms with E-state index in [1.165, 1.54) is 12.1 Å². The number of rotatable bonds is 3. The van der Waals surface area contributed by atoms with Crippen LogP contribution in [0.5, 0.6) is 0 Å². The van der Waals surface area contributed by atoms with Crippen LogP contribution in [0, 0.1) is 10.1 Å². The maximum absolute atomic E-state index is 11.0. The summed E-state index contributed by atoms with van der Waals surface area (Å²) in [5, 5.41) is 16.4. The van der Waals surface area contributed by atoms with Crippen LogP contribution < -0.4 is 0 Å². The number of nitrogens with zero attached hydrogens (tertiary/aromatic N) is 5. The maximum Gasteiger partial charge on any atom is 0.269 e. The highest BCUT2D eigenvalue weighted by Gasteiger charge is 2.15. The van der Waals surface area contributed by atoms with Crippen LogP contribution in [0.3, 0.4) is 0 Å². The SMILES string of the molecule is O=[N+]([O-])c1ccc(-c2cc(-c3ccccc3)nc3c4cccnc4nn23)cc1. The van der Waals surface area contributed by atoms with Gasteiger partial charge in [0.2, 0.25) is 0 Å². The molecule has 0 saturated carbocycles. The molecule has 3 aromatic heterocycles. The zero-order valence-electron chi connectivity index (χ0n) is 14.6. The number of hydrogen-bond acceptors (Lipinski definition) is 5. The lowest BCUT2D eigenvalue weighted by molar-refractivity contribution is -0.384. The fourth-order valence-electron chi connectivity index (χ4n) is 3.24. The molecule has 0 aliphatic heterocycles. The Morgan fingerprint density at radius 3 is 2.43 bits per heavy atom. The van der Waals surface area contributed by atoms with E-state index in [4.69, 9.17) is 4.98 Å². The number of fused-ring (bicyclic) bond motifs is 3. The molecular weight excluding hydrogens is 354 g/mol. The van der Waals surface area contributed by atoms with E-state index < -0.39 is 4.92 Å². The first kappa shape index (κ1) is 16.1. The van der Waals surface area contributed by atoms with Gasteiger partial charge in [-0.25, -0.2) is 14.5 Å². The Hall–Kier alpha value is -4.13. The first-order valence-corrected chi connectivity index (χ1v) is 8.65. The molecule has 0 fully saturated rings. The van der Waals surface area contributed by atoms with Crippen molar-refractivity contribution in [3.05, 3.63) is 89.1 Å². The summed E-state index contributed by atoms with van der Waals surface area (Å²) in [6.07, 6.45) is 1.69. The zero-order valence-corrected chi connectivity index (χ0v) is 14.6. The van der Waals surface area contributed by atoms with Gasteiger partial charge in [0.1, 0.15) is 0 Å². The molecule has 0 N–H and O–H groups in total. The van der Waals surface area contributed by atoms with E-state index in [-0.39, 0.29) is 5.69 Å². The van der Waals surface area contributed by atoms with Gasteiger partial charge < -0.3 is 0 Å². The van der Waals surface area contributed by atoms with Gasteiger partial charge in [-0.15, -0.1) is 5.10 Å². The lowest BCUT2D eigenvalue weighted by atomic mass is 10.1. The number of nitro benzene ring substituents is 1. The highest BCUT2D eigenvalue weighted by atomic mass is 16.6. The Kier molecular flexibility index (Phi) is 3.58. The number of hydrogen-bond donors (Lipinski definition) is 0. The topological polar surface area (TPSA) is 86.2 Å². The molecule has 3 heterocycles. The normalized spacial score (nSPS) is 11.1. The third-order valence-electron chi connectivity index (χ3n) is 4.59. The molecule has 0 amide bonds. The number of non-ortho nitro benzene ring substituents is 1. The van der Waals surface area contributed by atoms with Gasteiger partial charge in [0.15, 0.2) is 11.3 Å². The molecular formula is C21H13N5O2. The van der Waals surface area contributed by atoms with E-state index in [0.29, 0.717) is 11.3 Å². The predicted molar refractivity (Wildman–Crippen MR) is 106 cm³/mol. The number of benzene rings is 2. The summed E-state index contributed by atoms with van der Waals surface area (Å²) >= 11 is 0. The van der Waals surface area contributed by atoms with Crippen LogP contribution in [0.4, 0.5) is 5.69 Å². The van der Waals surface area contributed by atoms with Crippen LogP contribution in [0.2, 0.25) is 0 Å². The van der Waals surface area contributed by atoms with Crippen LogP contribution in [-0.4, -0.2) is 24.5 Å². The average molecular weight is 367 g/mol. The summed E-state index contributed by atoms with van der Waals surface area (Å²) in [7, 11) is 0. The van der Waals surface area contributed by atoms with Crippen molar-refractivity contribution < 1.29 is 4.92 Å². The molecule has 0 atom stereocenters. The summed E-state index contributed by atoms with van der Waals surface area (Å²) in [5.41, 5.74) is 4.71. The number of aromatic nitrogens is 4. The Bertz CT molecular complexity index is 1330. The molecule has 0 aliphatic carbocycles. The fourth-order valence-corrected chi connectivity index (χ4v) is 3.24. The van der Waals surface area contributed by atoms with Crippen molar-refractivity contribution in [3.63, 3.8) is 0 Å². The van der Waals surface area contributed by atoms with Gasteiger partial charge in [-0.3, -0.25) is 10.1 Å². The minimum atomic E-state index is -0.409. The zero-order chi connectivity index (χ0) is 19.1. The van der Waals surface area contributed by atoms with Crippen molar-refractivity contribution in [2.45, 2.75) is 0 Å². The molecule has 7 nitrogen and oxygen atoms in total. The average Bonchev–Trinajstić information content (AvgIpc) is 3.12. The number of pyridine rings is 1. The molecule has 5 aromatic rings. The highest BCUT2D eigenvalue weighted by molar-refractivity contribution is 5.91. The minimum Gasteiger partial charge on any atom is -0.258 e. The van der Waals surface area contributed by atoms with E-state index in [1.807, 2.05) is 48.5 Å². The third kappa shape index (κ3) is 2.57. The lowest BCUT2D eigenvalue weighted by Crippen LogP contribution is -1.98. The monoisotopic (exact) mass is 367 g/mol. The van der Waals surface area contributed by atoms with Crippen LogP contribution in [-0.2, 0) is 0 Å². The van der Waals surface area contributed by atoms with Gasteiger partial charge in [0, 0.05) is 29.5 Å². The van der Waals surface area contributed by atoms with Crippen molar-refractivity contribution in [2.24, 2.45) is 0 Å². The minimum absolute atomic E-state index is 0.0459. The van der Waals surface area contributed by atoms with Crippen molar-refractivity contribution in [2.75, 3.05) is 0 Å². The van der Waals surface area contributed by atoms with Gasteiger partial charge in [-0.2, -0.15) is 0 Å². The Balaban J connectivity index is 1.82. The molecule has 0 spiro atoms. The summed E-state index contributed by atoms with van der Waals surface area (Å²) in [6.45, 7) is 0. The summed E-state index contributed by atoms with van der Waals surface area (Å²) in [5.74, 6) is 0. The molecule has 134 valence electrons. The second-order valence-corrected chi connectivity index (χ2v) is 6.31. The van der Waals surface area contributed by atoms with Crippen LogP contribution in [0.1, 0.15) is 0 Å². The Labute approximate surface area is 159 Å². The van der Waals surface area contributed by atoms with Crippen molar-refractivity contribution in [1.29, 1.82) is 0 Å². The second kappa shape index (κ2) is 6.24. The first-order valence-electron chi connectivity index (χ1n) is 8.65. The fraction of sp³-hybridized carbons (Fsp3) is 0. The highest BCUT2D eigenvalue weighted by Crippen LogP contribution is 2.29. The van der Waals surface area contributed by atoms with Crippen LogP contribution in [0.15, 0.2) is 79.0 Å². The van der Waals surface area contributed by atoms with E-state index in [1.54, 1.807) is 22.8 Å². The number of nitro groups is 1. The largest absolute Gasteiger partial charge is 0.269 e. The van der Waals surface area contributed by atoms with Crippen molar-refractivity contribution >= 4 is 22.4 Å². The summed E-state index contributed by atoms with van der Waals surface area (Å²) in [6, 6.07) is 22.0. The summed E-state index contributed by atoms with van der Waals surface area (Å²) in [4.78, 5) is 19.7. The van der Waals surface area contributed by atoms with E-state index in [0.717, 1.165) is 27.9 Å². The van der Waals surface area contributed by atoms with E-state index in [2.05, 4.69) is 10.1 Å². The smallest absolute Gasteiger partial charge is 0.258 e. The Morgan fingerprint density at radius 1 is 0.893 bits per heavy atom. The molecule has 7 heteroatoms. The van der Waals surface area contributed by atoms with Crippen LogP contribution in [0.25, 0.3) is 39.2 Å². The molecule has 0 bridgehead atoms. The standard InChI is InChI=1S/C21H13N5O2/c27-26(28)16-10-8-15(9-11-16)19-13-18(14-5-2-1-3-6-14)23-21-17-7-4-12-22-20(17)24-25(19)21/h1-13H. The molecule has 28 heavy (non-hydrogen) atoms. The van der Waals surface area contributed by atoms with E-state index in [9.17, 15) is 10.1 Å². The third-order valence-corrected chi connectivity index (χ3v) is 4.59. The van der Waals surface area contributed by atoms with Gasteiger partial charge in [-0.1, -0.05) is 30.3 Å².